The standard InChI is InChI=1S/C19H30FN3O2.HI/c1-15(25-18-6-4-17(20)5-7-18)14-22-19(21-2)23(3)11-8-16-9-12-24-13-10-16;/h4-7,15-16H,8-14H2,1-3H3,(H,21,22);1H. The van der Waals surface area contributed by atoms with Crippen molar-refractivity contribution in [3.8, 4) is 5.75 Å². The van der Waals surface area contributed by atoms with Crippen molar-refractivity contribution in [2.45, 2.75) is 32.3 Å². The van der Waals surface area contributed by atoms with Crippen molar-refractivity contribution in [3.63, 3.8) is 0 Å². The number of benzene rings is 1. The lowest BCUT2D eigenvalue weighted by Crippen LogP contribution is -2.43. The maximum Gasteiger partial charge on any atom is 0.193 e. The minimum absolute atomic E-state index is 0. The fourth-order valence-corrected chi connectivity index (χ4v) is 2.92. The van der Waals surface area contributed by atoms with Crippen molar-refractivity contribution in [2.24, 2.45) is 10.9 Å². The van der Waals surface area contributed by atoms with E-state index in [1.807, 2.05) is 6.92 Å². The number of hydrogen-bond donors (Lipinski definition) is 1. The predicted octanol–water partition coefficient (Wildman–Crippen LogP) is 3.53. The molecule has 1 fully saturated rings. The van der Waals surface area contributed by atoms with Gasteiger partial charge in [0, 0.05) is 33.9 Å². The van der Waals surface area contributed by atoms with E-state index in [4.69, 9.17) is 9.47 Å². The smallest absolute Gasteiger partial charge is 0.193 e. The number of hydrogen-bond acceptors (Lipinski definition) is 3. The van der Waals surface area contributed by atoms with E-state index in [0.717, 1.165) is 50.9 Å². The largest absolute Gasteiger partial charge is 0.489 e. The summed E-state index contributed by atoms with van der Waals surface area (Å²) in [6, 6.07) is 6.08. The normalized spacial score (nSPS) is 16.5. The van der Waals surface area contributed by atoms with Crippen molar-refractivity contribution < 1.29 is 13.9 Å². The Labute approximate surface area is 173 Å². The second-order valence-electron chi connectivity index (χ2n) is 6.58. The lowest BCUT2D eigenvalue weighted by Gasteiger charge is -2.27. The molecule has 1 aliphatic rings. The number of rotatable bonds is 7. The number of nitrogens with zero attached hydrogens (tertiary/aromatic N) is 2. The molecule has 1 aliphatic heterocycles. The third-order valence-corrected chi connectivity index (χ3v) is 4.49. The highest BCUT2D eigenvalue weighted by Gasteiger charge is 2.15. The van der Waals surface area contributed by atoms with Crippen LogP contribution in [0.2, 0.25) is 0 Å². The SMILES string of the molecule is CN=C(NCC(C)Oc1ccc(F)cc1)N(C)CCC1CCOCC1.I. The van der Waals surface area contributed by atoms with Crippen molar-refractivity contribution >= 4 is 29.9 Å². The maximum absolute atomic E-state index is 12.9. The molecule has 2 rings (SSSR count). The summed E-state index contributed by atoms with van der Waals surface area (Å²) in [5.74, 6) is 2.01. The third-order valence-electron chi connectivity index (χ3n) is 4.49. The van der Waals surface area contributed by atoms with Gasteiger partial charge in [0.2, 0.25) is 0 Å². The van der Waals surface area contributed by atoms with E-state index in [9.17, 15) is 4.39 Å². The van der Waals surface area contributed by atoms with Gasteiger partial charge in [-0.15, -0.1) is 24.0 Å². The van der Waals surface area contributed by atoms with Crippen LogP contribution in [-0.2, 0) is 4.74 Å². The first-order chi connectivity index (χ1) is 12.1. The van der Waals surface area contributed by atoms with E-state index in [0.29, 0.717) is 12.3 Å². The Bertz CT molecular complexity index is 536. The molecular weight excluding hydrogens is 448 g/mol. The van der Waals surface area contributed by atoms with E-state index in [1.54, 1.807) is 19.2 Å². The van der Waals surface area contributed by atoms with Gasteiger partial charge in [-0.25, -0.2) is 4.39 Å². The van der Waals surface area contributed by atoms with Crippen LogP contribution in [0.15, 0.2) is 29.3 Å². The van der Waals surface area contributed by atoms with Gasteiger partial charge in [-0.05, 0) is 56.4 Å². The number of ether oxygens (including phenoxy) is 2. The molecule has 0 bridgehead atoms. The van der Waals surface area contributed by atoms with Crippen molar-refractivity contribution in [3.05, 3.63) is 30.1 Å². The summed E-state index contributed by atoms with van der Waals surface area (Å²) in [7, 11) is 3.85. The first-order valence-electron chi connectivity index (χ1n) is 9.00. The molecule has 1 saturated heterocycles. The second-order valence-corrected chi connectivity index (χ2v) is 6.58. The van der Waals surface area contributed by atoms with Crippen LogP contribution in [0.4, 0.5) is 4.39 Å². The average molecular weight is 479 g/mol. The van der Waals surface area contributed by atoms with Crippen LogP contribution in [0.5, 0.6) is 5.75 Å². The maximum atomic E-state index is 12.9. The topological polar surface area (TPSA) is 46.1 Å². The fourth-order valence-electron chi connectivity index (χ4n) is 2.92. The summed E-state index contributed by atoms with van der Waals surface area (Å²) in [6.45, 7) is 5.36. The van der Waals surface area contributed by atoms with Crippen LogP contribution in [0.3, 0.4) is 0 Å². The van der Waals surface area contributed by atoms with Crippen LogP contribution in [-0.4, -0.2) is 57.4 Å². The van der Waals surface area contributed by atoms with Crippen LogP contribution >= 0.6 is 24.0 Å². The molecule has 0 radical (unpaired) electrons. The van der Waals surface area contributed by atoms with E-state index < -0.39 is 0 Å². The highest BCUT2D eigenvalue weighted by Crippen LogP contribution is 2.18. The predicted molar refractivity (Wildman–Crippen MR) is 114 cm³/mol. The molecule has 1 heterocycles. The Morgan fingerprint density at radius 1 is 1.35 bits per heavy atom. The molecule has 1 aromatic carbocycles. The van der Waals surface area contributed by atoms with Gasteiger partial charge in [-0.1, -0.05) is 0 Å². The molecule has 1 unspecified atom stereocenters. The zero-order valence-corrected chi connectivity index (χ0v) is 18.2. The highest BCUT2D eigenvalue weighted by atomic mass is 127. The van der Waals surface area contributed by atoms with Gasteiger partial charge in [0.1, 0.15) is 17.7 Å². The quantitative estimate of drug-likeness (QED) is 0.369. The molecule has 148 valence electrons. The molecule has 7 heteroatoms. The van der Waals surface area contributed by atoms with E-state index in [1.165, 1.54) is 12.1 Å². The number of aliphatic imine (C=N–C) groups is 1. The first-order valence-corrected chi connectivity index (χ1v) is 9.00. The molecule has 1 N–H and O–H groups in total. The molecule has 0 spiro atoms. The minimum atomic E-state index is -0.260. The van der Waals surface area contributed by atoms with Crippen molar-refractivity contribution in [1.82, 2.24) is 10.2 Å². The summed E-state index contributed by atoms with van der Waals surface area (Å²) in [5.41, 5.74) is 0. The Balaban J connectivity index is 0.00000338. The Morgan fingerprint density at radius 2 is 2.00 bits per heavy atom. The second kappa shape index (κ2) is 12.3. The van der Waals surface area contributed by atoms with E-state index >= 15 is 0 Å². The summed E-state index contributed by atoms with van der Waals surface area (Å²) >= 11 is 0. The summed E-state index contributed by atoms with van der Waals surface area (Å²) in [6.07, 6.45) is 3.42. The fraction of sp³-hybridized carbons (Fsp3) is 0.632. The van der Waals surface area contributed by atoms with Gasteiger partial charge in [-0.2, -0.15) is 0 Å². The third kappa shape index (κ3) is 8.07. The van der Waals surface area contributed by atoms with Crippen LogP contribution < -0.4 is 10.1 Å². The number of nitrogens with one attached hydrogen (secondary N) is 1. The van der Waals surface area contributed by atoms with E-state index in [2.05, 4.69) is 22.3 Å². The van der Waals surface area contributed by atoms with Crippen LogP contribution in [0.1, 0.15) is 26.2 Å². The lowest BCUT2D eigenvalue weighted by atomic mass is 9.96. The van der Waals surface area contributed by atoms with Gasteiger partial charge >= 0.3 is 0 Å². The molecule has 0 aliphatic carbocycles. The Hall–Kier alpha value is -1.09. The van der Waals surface area contributed by atoms with Gasteiger partial charge in [-0.3, -0.25) is 4.99 Å². The molecule has 1 atom stereocenters. The lowest BCUT2D eigenvalue weighted by molar-refractivity contribution is 0.0625. The van der Waals surface area contributed by atoms with Crippen LogP contribution in [0, 0.1) is 11.7 Å². The number of guanidine groups is 1. The summed E-state index contributed by atoms with van der Waals surface area (Å²) in [5, 5.41) is 3.34. The molecule has 0 aromatic heterocycles. The number of halogens is 2. The molecule has 0 saturated carbocycles. The molecule has 0 amide bonds. The summed E-state index contributed by atoms with van der Waals surface area (Å²) in [4.78, 5) is 6.50. The first kappa shape index (κ1) is 23.0. The van der Waals surface area contributed by atoms with Gasteiger partial charge < -0.3 is 19.7 Å². The average Bonchev–Trinajstić information content (AvgIpc) is 2.63. The zero-order chi connectivity index (χ0) is 18.1. The van der Waals surface area contributed by atoms with E-state index in [-0.39, 0.29) is 35.9 Å². The van der Waals surface area contributed by atoms with Crippen LogP contribution in [0.25, 0.3) is 0 Å². The molecule has 5 nitrogen and oxygen atoms in total. The zero-order valence-electron chi connectivity index (χ0n) is 15.9. The molecule has 1 aromatic rings. The summed E-state index contributed by atoms with van der Waals surface area (Å²) < 4.78 is 24.1. The van der Waals surface area contributed by atoms with Gasteiger partial charge in [0.05, 0.1) is 6.54 Å². The molecule has 26 heavy (non-hydrogen) atoms. The Kier molecular flexibility index (Phi) is 10.9. The van der Waals surface area contributed by atoms with Gasteiger partial charge in [0.15, 0.2) is 5.96 Å². The Morgan fingerprint density at radius 3 is 2.62 bits per heavy atom. The highest BCUT2D eigenvalue weighted by molar-refractivity contribution is 14.0. The van der Waals surface area contributed by atoms with Crippen molar-refractivity contribution in [1.29, 1.82) is 0 Å². The minimum Gasteiger partial charge on any atom is -0.489 e. The van der Waals surface area contributed by atoms with Crippen molar-refractivity contribution in [2.75, 3.05) is 40.4 Å². The van der Waals surface area contributed by atoms with Gasteiger partial charge in [0.25, 0.3) is 0 Å². The monoisotopic (exact) mass is 479 g/mol. The molecular formula is C19H31FIN3O2.